The van der Waals surface area contributed by atoms with E-state index in [1.165, 1.54) is 16.7 Å². The van der Waals surface area contributed by atoms with Crippen molar-refractivity contribution in [1.29, 1.82) is 0 Å². The second-order valence-electron chi connectivity index (χ2n) is 6.99. The minimum atomic E-state index is -0.294. The molecule has 0 atom stereocenters. The maximum atomic E-state index is 12.9. The second kappa shape index (κ2) is 10.3. The summed E-state index contributed by atoms with van der Waals surface area (Å²) in [5, 5.41) is 2.77. The van der Waals surface area contributed by atoms with Crippen molar-refractivity contribution in [3.8, 4) is 11.5 Å². The summed E-state index contributed by atoms with van der Waals surface area (Å²) in [6.45, 7) is -0.156. The normalized spacial score (nSPS) is 14.5. The van der Waals surface area contributed by atoms with Crippen molar-refractivity contribution < 1.29 is 19.1 Å². The molecule has 8 heteroatoms. The highest BCUT2D eigenvalue weighted by molar-refractivity contribution is 8.27. The molecule has 0 saturated carbocycles. The number of thioether (sulfide) groups is 1. The van der Waals surface area contributed by atoms with Gasteiger partial charge < -0.3 is 14.8 Å². The number of carbonyl (C=O) groups is 2. The molecule has 0 bridgehead atoms. The first-order valence-electron chi connectivity index (χ1n) is 10.0. The summed E-state index contributed by atoms with van der Waals surface area (Å²) in [6.07, 6.45) is 1.77. The Bertz CT molecular complexity index is 1230. The van der Waals surface area contributed by atoms with Gasteiger partial charge in [-0.2, -0.15) is 0 Å². The maximum absolute atomic E-state index is 12.9. The SMILES string of the molecule is COc1cccc(NC(=O)COc2cccc(/C=C3\SC(=S)N(c4ccccc4)C3=O)c2)c1. The van der Waals surface area contributed by atoms with Gasteiger partial charge in [0.1, 0.15) is 11.5 Å². The van der Waals surface area contributed by atoms with E-state index in [0.29, 0.717) is 26.4 Å². The number of benzene rings is 3. The van der Waals surface area contributed by atoms with E-state index in [0.717, 1.165) is 11.3 Å². The van der Waals surface area contributed by atoms with Crippen molar-refractivity contribution in [1.82, 2.24) is 0 Å². The number of nitrogens with one attached hydrogen (secondary N) is 1. The van der Waals surface area contributed by atoms with Crippen molar-refractivity contribution in [3.05, 3.63) is 89.3 Å². The van der Waals surface area contributed by atoms with E-state index >= 15 is 0 Å². The highest BCUT2D eigenvalue weighted by Crippen LogP contribution is 2.36. The van der Waals surface area contributed by atoms with Crippen molar-refractivity contribution in [2.45, 2.75) is 0 Å². The number of hydrogen-bond donors (Lipinski definition) is 1. The van der Waals surface area contributed by atoms with Crippen molar-refractivity contribution in [2.24, 2.45) is 0 Å². The summed E-state index contributed by atoms with van der Waals surface area (Å²) < 4.78 is 11.3. The van der Waals surface area contributed by atoms with Crippen LogP contribution in [-0.2, 0) is 9.59 Å². The van der Waals surface area contributed by atoms with E-state index in [-0.39, 0.29) is 18.4 Å². The van der Waals surface area contributed by atoms with Gasteiger partial charge in [0.15, 0.2) is 10.9 Å². The van der Waals surface area contributed by atoms with Crippen LogP contribution in [0.1, 0.15) is 5.56 Å². The Hall–Kier alpha value is -3.62. The third-order valence-electron chi connectivity index (χ3n) is 4.69. The Kier molecular flexibility index (Phi) is 7.07. The van der Waals surface area contributed by atoms with Crippen LogP contribution >= 0.6 is 24.0 Å². The Morgan fingerprint density at radius 2 is 1.79 bits per heavy atom. The van der Waals surface area contributed by atoms with Gasteiger partial charge in [0.2, 0.25) is 0 Å². The molecule has 0 aromatic heterocycles. The molecule has 6 nitrogen and oxygen atoms in total. The molecule has 4 rings (SSSR count). The molecule has 1 saturated heterocycles. The summed E-state index contributed by atoms with van der Waals surface area (Å²) in [5.41, 5.74) is 2.13. The minimum absolute atomic E-state index is 0.156. The lowest BCUT2D eigenvalue weighted by Crippen LogP contribution is -2.27. The zero-order valence-electron chi connectivity index (χ0n) is 17.7. The first-order valence-corrected chi connectivity index (χ1v) is 11.3. The van der Waals surface area contributed by atoms with Crippen LogP contribution in [-0.4, -0.2) is 29.9 Å². The number of hydrogen-bond acceptors (Lipinski definition) is 6. The highest BCUT2D eigenvalue weighted by atomic mass is 32.2. The molecular weight excluding hydrogens is 456 g/mol. The summed E-state index contributed by atoms with van der Waals surface area (Å²) in [6, 6.07) is 23.6. The first kappa shape index (κ1) is 22.6. The molecule has 1 N–H and O–H groups in total. The molecular formula is C25H20N2O4S2. The maximum Gasteiger partial charge on any atom is 0.270 e. The van der Waals surface area contributed by atoms with Gasteiger partial charge in [-0.15, -0.1) is 0 Å². The van der Waals surface area contributed by atoms with Crippen molar-refractivity contribution >= 4 is 57.6 Å². The largest absolute Gasteiger partial charge is 0.497 e. The Morgan fingerprint density at radius 3 is 2.58 bits per heavy atom. The first-order chi connectivity index (χ1) is 16.0. The van der Waals surface area contributed by atoms with Crippen LogP contribution in [0.25, 0.3) is 6.08 Å². The fourth-order valence-corrected chi connectivity index (χ4v) is 4.46. The molecule has 166 valence electrons. The van der Waals surface area contributed by atoms with E-state index in [4.69, 9.17) is 21.7 Å². The standard InChI is InChI=1S/C25H20N2O4S2/c1-30-20-11-6-8-18(15-20)26-23(28)16-31-21-12-5-7-17(13-21)14-22-24(29)27(25(32)33-22)19-9-3-2-4-10-19/h2-15H,16H2,1H3,(H,26,28)/b22-14-. The van der Waals surface area contributed by atoms with Crippen LogP contribution in [0.5, 0.6) is 11.5 Å². The van der Waals surface area contributed by atoms with Crippen LogP contribution in [0.15, 0.2) is 83.8 Å². The van der Waals surface area contributed by atoms with Gasteiger partial charge >= 0.3 is 0 Å². The Morgan fingerprint density at radius 1 is 1.03 bits per heavy atom. The van der Waals surface area contributed by atoms with Gasteiger partial charge in [-0.3, -0.25) is 14.5 Å². The lowest BCUT2D eigenvalue weighted by molar-refractivity contribution is -0.118. The van der Waals surface area contributed by atoms with Crippen LogP contribution < -0.4 is 19.7 Å². The fraction of sp³-hybridized carbons (Fsp3) is 0.0800. The molecule has 3 aromatic rings. The smallest absolute Gasteiger partial charge is 0.270 e. The monoisotopic (exact) mass is 476 g/mol. The number of para-hydroxylation sites is 1. The third-order valence-corrected chi connectivity index (χ3v) is 5.99. The number of anilines is 2. The lowest BCUT2D eigenvalue weighted by atomic mass is 10.2. The van der Waals surface area contributed by atoms with Crippen LogP contribution in [0.3, 0.4) is 0 Å². The quantitative estimate of drug-likeness (QED) is 0.377. The number of ether oxygens (including phenoxy) is 2. The topological polar surface area (TPSA) is 67.9 Å². The molecule has 1 fully saturated rings. The molecule has 33 heavy (non-hydrogen) atoms. The zero-order valence-corrected chi connectivity index (χ0v) is 19.3. The minimum Gasteiger partial charge on any atom is -0.497 e. The van der Waals surface area contributed by atoms with E-state index in [1.54, 1.807) is 55.7 Å². The van der Waals surface area contributed by atoms with Gasteiger partial charge in [0.25, 0.3) is 11.8 Å². The Labute approximate surface area is 201 Å². The molecule has 1 aliphatic rings. The molecule has 1 aliphatic heterocycles. The van der Waals surface area contributed by atoms with E-state index < -0.39 is 0 Å². The molecule has 0 radical (unpaired) electrons. The summed E-state index contributed by atoms with van der Waals surface area (Å²) in [5.74, 6) is 0.708. The third kappa shape index (κ3) is 5.60. The van der Waals surface area contributed by atoms with Gasteiger partial charge in [0.05, 0.1) is 17.7 Å². The Balaban J connectivity index is 1.40. The molecule has 1 heterocycles. The molecule has 0 spiro atoms. The van der Waals surface area contributed by atoms with Gasteiger partial charge in [-0.1, -0.05) is 60.4 Å². The summed E-state index contributed by atoms with van der Waals surface area (Å²) in [4.78, 5) is 27.2. The van der Waals surface area contributed by atoms with Crippen molar-refractivity contribution in [2.75, 3.05) is 23.9 Å². The van der Waals surface area contributed by atoms with Gasteiger partial charge in [-0.05, 0) is 48.0 Å². The number of nitrogens with zero attached hydrogens (tertiary/aromatic N) is 1. The van der Waals surface area contributed by atoms with E-state index in [1.807, 2.05) is 36.4 Å². The fourth-order valence-electron chi connectivity index (χ4n) is 3.16. The van der Waals surface area contributed by atoms with E-state index in [9.17, 15) is 9.59 Å². The highest BCUT2D eigenvalue weighted by Gasteiger charge is 2.33. The van der Waals surface area contributed by atoms with Crippen LogP contribution in [0.4, 0.5) is 11.4 Å². The van der Waals surface area contributed by atoms with Gasteiger partial charge in [-0.25, -0.2) is 0 Å². The molecule has 0 unspecified atom stereocenters. The number of rotatable bonds is 7. The molecule has 0 aliphatic carbocycles. The zero-order chi connectivity index (χ0) is 23.2. The summed E-state index contributed by atoms with van der Waals surface area (Å²) in [7, 11) is 1.57. The van der Waals surface area contributed by atoms with Gasteiger partial charge in [0, 0.05) is 11.8 Å². The van der Waals surface area contributed by atoms with E-state index in [2.05, 4.69) is 5.32 Å². The summed E-state index contributed by atoms with van der Waals surface area (Å²) >= 11 is 6.66. The average molecular weight is 477 g/mol. The number of methoxy groups -OCH3 is 1. The predicted octanol–water partition coefficient (Wildman–Crippen LogP) is 5.12. The number of amides is 2. The predicted molar refractivity (Wildman–Crippen MR) is 136 cm³/mol. The molecule has 3 aromatic carbocycles. The molecule has 2 amide bonds. The van der Waals surface area contributed by atoms with Crippen LogP contribution in [0.2, 0.25) is 0 Å². The van der Waals surface area contributed by atoms with Crippen molar-refractivity contribution in [3.63, 3.8) is 0 Å². The number of thiocarbonyl (C=S) groups is 1. The second-order valence-corrected chi connectivity index (χ2v) is 8.67. The average Bonchev–Trinajstić information content (AvgIpc) is 3.11. The number of carbonyl (C=O) groups excluding carboxylic acids is 2. The van der Waals surface area contributed by atoms with Crippen LogP contribution in [0, 0.1) is 0 Å². The lowest BCUT2D eigenvalue weighted by Gasteiger charge is -2.13.